The molecule has 3 rings (SSSR count). The van der Waals surface area contributed by atoms with Crippen LogP contribution in [0, 0.1) is 0 Å². The molecule has 0 radical (unpaired) electrons. The molecule has 5 heteroatoms. The summed E-state index contributed by atoms with van der Waals surface area (Å²) < 4.78 is 1.85. The van der Waals surface area contributed by atoms with E-state index in [9.17, 15) is 5.11 Å². The van der Waals surface area contributed by atoms with Crippen molar-refractivity contribution in [3.05, 3.63) is 66.9 Å². The van der Waals surface area contributed by atoms with Crippen LogP contribution >= 0.6 is 0 Å². The summed E-state index contributed by atoms with van der Waals surface area (Å²) in [5.41, 5.74) is 1.95. The van der Waals surface area contributed by atoms with Crippen LogP contribution in [0.4, 0.5) is 5.69 Å². The smallest absolute Gasteiger partial charge is 0.137 e. The molecule has 0 spiro atoms. The van der Waals surface area contributed by atoms with Gasteiger partial charge < -0.3 is 10.4 Å². The summed E-state index contributed by atoms with van der Waals surface area (Å²) in [6, 6.07) is 11.2. The minimum absolute atomic E-state index is 0.0815. The SMILES string of the molecule is CC(Nc1ccc(-n2ccnc2)nc1)c1cccc(O)c1. The third-order valence-electron chi connectivity index (χ3n) is 3.27. The number of rotatable bonds is 4. The number of phenolic OH excluding ortho intramolecular Hbond substituents is 1. The van der Waals surface area contributed by atoms with Gasteiger partial charge in [0, 0.05) is 18.4 Å². The van der Waals surface area contributed by atoms with Crippen molar-refractivity contribution in [2.24, 2.45) is 0 Å². The number of aromatic nitrogens is 3. The molecule has 5 nitrogen and oxygen atoms in total. The van der Waals surface area contributed by atoms with Gasteiger partial charge >= 0.3 is 0 Å². The topological polar surface area (TPSA) is 63.0 Å². The Morgan fingerprint density at radius 3 is 2.81 bits per heavy atom. The summed E-state index contributed by atoms with van der Waals surface area (Å²) in [5.74, 6) is 1.10. The molecular formula is C16H16N4O. The number of pyridine rings is 1. The molecule has 0 amide bonds. The van der Waals surface area contributed by atoms with E-state index >= 15 is 0 Å². The quantitative estimate of drug-likeness (QED) is 0.770. The Kier molecular flexibility index (Phi) is 3.55. The summed E-state index contributed by atoms with van der Waals surface area (Å²) in [5, 5.41) is 12.9. The van der Waals surface area contributed by atoms with Crippen LogP contribution < -0.4 is 5.32 Å². The van der Waals surface area contributed by atoms with E-state index in [2.05, 4.69) is 15.3 Å². The van der Waals surface area contributed by atoms with Crippen LogP contribution in [0.5, 0.6) is 5.75 Å². The Labute approximate surface area is 122 Å². The van der Waals surface area contributed by atoms with Crippen molar-refractivity contribution in [2.75, 3.05) is 5.32 Å². The predicted molar refractivity (Wildman–Crippen MR) is 81.5 cm³/mol. The van der Waals surface area contributed by atoms with Crippen molar-refractivity contribution in [2.45, 2.75) is 13.0 Å². The maximum Gasteiger partial charge on any atom is 0.137 e. The van der Waals surface area contributed by atoms with E-state index < -0.39 is 0 Å². The molecule has 21 heavy (non-hydrogen) atoms. The number of benzene rings is 1. The first kappa shape index (κ1) is 13.2. The molecule has 1 atom stereocenters. The zero-order valence-corrected chi connectivity index (χ0v) is 11.6. The second kappa shape index (κ2) is 5.66. The molecule has 3 aromatic rings. The van der Waals surface area contributed by atoms with Crippen LogP contribution in [0.1, 0.15) is 18.5 Å². The first-order valence-corrected chi connectivity index (χ1v) is 6.72. The lowest BCUT2D eigenvalue weighted by Gasteiger charge is -2.16. The van der Waals surface area contributed by atoms with Gasteiger partial charge in [-0.1, -0.05) is 12.1 Å². The Morgan fingerprint density at radius 1 is 1.24 bits per heavy atom. The van der Waals surface area contributed by atoms with Crippen molar-refractivity contribution < 1.29 is 5.11 Å². The van der Waals surface area contributed by atoms with Gasteiger partial charge in [-0.3, -0.25) is 4.57 Å². The van der Waals surface area contributed by atoms with Gasteiger partial charge in [-0.15, -0.1) is 0 Å². The minimum Gasteiger partial charge on any atom is -0.508 e. The van der Waals surface area contributed by atoms with Crippen molar-refractivity contribution in [3.8, 4) is 11.6 Å². The number of nitrogens with zero attached hydrogens (tertiary/aromatic N) is 3. The number of hydrogen-bond acceptors (Lipinski definition) is 4. The lowest BCUT2D eigenvalue weighted by atomic mass is 10.1. The third-order valence-corrected chi connectivity index (χ3v) is 3.27. The van der Waals surface area contributed by atoms with Crippen molar-refractivity contribution >= 4 is 5.69 Å². The highest BCUT2D eigenvalue weighted by Crippen LogP contribution is 2.22. The zero-order chi connectivity index (χ0) is 14.7. The van der Waals surface area contributed by atoms with E-state index in [-0.39, 0.29) is 11.8 Å². The molecule has 2 aromatic heterocycles. The normalized spacial score (nSPS) is 12.0. The van der Waals surface area contributed by atoms with Crippen molar-refractivity contribution in [1.29, 1.82) is 0 Å². The fourth-order valence-corrected chi connectivity index (χ4v) is 2.15. The van der Waals surface area contributed by atoms with Gasteiger partial charge in [-0.2, -0.15) is 0 Å². The van der Waals surface area contributed by atoms with E-state index in [0.29, 0.717) is 0 Å². The number of anilines is 1. The van der Waals surface area contributed by atoms with Gasteiger partial charge in [0.25, 0.3) is 0 Å². The summed E-state index contributed by atoms with van der Waals surface area (Å²) in [7, 11) is 0. The Morgan fingerprint density at radius 2 is 2.14 bits per heavy atom. The van der Waals surface area contributed by atoms with Crippen LogP contribution in [0.25, 0.3) is 5.82 Å². The summed E-state index contributed by atoms with van der Waals surface area (Å²) in [6.07, 6.45) is 7.07. The van der Waals surface area contributed by atoms with Gasteiger partial charge in [0.2, 0.25) is 0 Å². The monoisotopic (exact) mass is 280 g/mol. The molecule has 0 aliphatic carbocycles. The van der Waals surface area contributed by atoms with Gasteiger partial charge in [0.15, 0.2) is 0 Å². The summed E-state index contributed by atoms with van der Waals surface area (Å²) in [6.45, 7) is 2.04. The molecule has 0 aliphatic rings. The van der Waals surface area contributed by atoms with E-state index in [4.69, 9.17) is 0 Å². The molecule has 0 fully saturated rings. The molecule has 2 N–H and O–H groups in total. The second-order valence-electron chi connectivity index (χ2n) is 4.84. The summed E-state index contributed by atoms with van der Waals surface area (Å²) in [4.78, 5) is 8.40. The molecular weight excluding hydrogens is 264 g/mol. The lowest BCUT2D eigenvalue weighted by Crippen LogP contribution is -2.07. The first-order valence-electron chi connectivity index (χ1n) is 6.72. The Hall–Kier alpha value is -2.82. The van der Waals surface area contributed by atoms with Crippen molar-refractivity contribution in [1.82, 2.24) is 14.5 Å². The van der Waals surface area contributed by atoms with Gasteiger partial charge in [-0.05, 0) is 36.8 Å². The second-order valence-corrected chi connectivity index (χ2v) is 4.84. The van der Waals surface area contributed by atoms with E-state index in [1.807, 2.05) is 42.0 Å². The highest BCUT2D eigenvalue weighted by Gasteiger charge is 2.06. The number of imidazole rings is 1. The molecule has 0 saturated heterocycles. The average Bonchev–Trinajstić information content (AvgIpc) is 3.02. The number of phenols is 1. The van der Waals surface area contributed by atoms with Crippen molar-refractivity contribution in [3.63, 3.8) is 0 Å². The first-order chi connectivity index (χ1) is 10.2. The summed E-state index contributed by atoms with van der Waals surface area (Å²) >= 11 is 0. The lowest BCUT2D eigenvalue weighted by molar-refractivity contribution is 0.474. The van der Waals surface area contributed by atoms with Gasteiger partial charge in [0.05, 0.1) is 11.9 Å². The standard InChI is InChI=1S/C16H16N4O/c1-12(13-3-2-4-15(21)9-13)19-14-5-6-16(18-10-14)20-8-7-17-11-20/h2-12,19,21H,1H3. The number of nitrogens with one attached hydrogen (secondary N) is 1. The van der Waals surface area contributed by atoms with Crippen LogP contribution in [0.15, 0.2) is 61.3 Å². The van der Waals surface area contributed by atoms with Gasteiger partial charge in [-0.25, -0.2) is 9.97 Å². The van der Waals surface area contributed by atoms with Crippen LogP contribution in [0.3, 0.4) is 0 Å². The number of hydrogen-bond donors (Lipinski definition) is 2. The fourth-order valence-electron chi connectivity index (χ4n) is 2.15. The molecule has 1 aromatic carbocycles. The Balaban J connectivity index is 1.73. The highest BCUT2D eigenvalue weighted by atomic mass is 16.3. The van der Waals surface area contributed by atoms with Gasteiger partial charge in [0.1, 0.15) is 17.9 Å². The maximum absolute atomic E-state index is 9.52. The molecule has 0 saturated carbocycles. The molecule has 0 bridgehead atoms. The Bertz CT molecular complexity index is 707. The third kappa shape index (κ3) is 3.02. The molecule has 0 aliphatic heterocycles. The predicted octanol–water partition coefficient (Wildman–Crippen LogP) is 3.15. The molecule has 106 valence electrons. The molecule has 1 unspecified atom stereocenters. The zero-order valence-electron chi connectivity index (χ0n) is 11.6. The fraction of sp³-hybridized carbons (Fsp3) is 0.125. The number of aromatic hydroxyl groups is 1. The van der Waals surface area contributed by atoms with Crippen LogP contribution in [-0.4, -0.2) is 19.6 Å². The van der Waals surface area contributed by atoms with Crippen LogP contribution in [-0.2, 0) is 0 Å². The minimum atomic E-state index is 0.0815. The van der Waals surface area contributed by atoms with E-state index in [0.717, 1.165) is 17.1 Å². The maximum atomic E-state index is 9.52. The molecule has 2 heterocycles. The average molecular weight is 280 g/mol. The highest BCUT2D eigenvalue weighted by molar-refractivity contribution is 5.46. The largest absolute Gasteiger partial charge is 0.508 e. The van der Waals surface area contributed by atoms with E-state index in [1.165, 1.54) is 0 Å². The van der Waals surface area contributed by atoms with E-state index in [1.54, 1.807) is 30.9 Å². The van der Waals surface area contributed by atoms with Crippen LogP contribution in [0.2, 0.25) is 0 Å².